The lowest BCUT2D eigenvalue weighted by molar-refractivity contribution is -0.122. The largest absolute Gasteiger partial charge is 0.495 e. The van der Waals surface area contributed by atoms with E-state index in [1.54, 1.807) is 19.2 Å². The predicted molar refractivity (Wildman–Crippen MR) is 123 cm³/mol. The van der Waals surface area contributed by atoms with Crippen LogP contribution in [0.3, 0.4) is 0 Å². The van der Waals surface area contributed by atoms with Crippen molar-refractivity contribution < 1.29 is 14.3 Å². The first-order valence-corrected chi connectivity index (χ1v) is 11.3. The fourth-order valence-electron chi connectivity index (χ4n) is 6.16. The SMILES string of the molecule is COc1ccccc1N1C(=O)C2C3c4ccccc4C(c4cc(C(C)C)ccc43)C2C1=O. The van der Waals surface area contributed by atoms with Gasteiger partial charge in [-0.05, 0) is 45.9 Å². The molecule has 3 aromatic rings. The smallest absolute Gasteiger partial charge is 0.238 e. The van der Waals surface area contributed by atoms with Crippen molar-refractivity contribution in [3.05, 3.63) is 94.5 Å². The highest BCUT2D eigenvalue weighted by molar-refractivity contribution is 6.24. The van der Waals surface area contributed by atoms with E-state index in [9.17, 15) is 9.59 Å². The summed E-state index contributed by atoms with van der Waals surface area (Å²) in [5, 5.41) is 0. The lowest BCUT2D eigenvalue weighted by Crippen LogP contribution is -2.41. The molecule has 4 atom stereocenters. The molecule has 0 spiro atoms. The van der Waals surface area contributed by atoms with Gasteiger partial charge in [-0.2, -0.15) is 0 Å². The molecule has 160 valence electrons. The van der Waals surface area contributed by atoms with Gasteiger partial charge in [0.15, 0.2) is 0 Å². The highest BCUT2D eigenvalue weighted by Gasteiger charge is 2.62. The molecule has 1 saturated heterocycles. The number of imide groups is 1. The van der Waals surface area contributed by atoms with Crippen LogP contribution in [0.15, 0.2) is 66.7 Å². The average Bonchev–Trinajstić information content (AvgIpc) is 3.09. The molecule has 4 heteroatoms. The van der Waals surface area contributed by atoms with Gasteiger partial charge in [-0.15, -0.1) is 0 Å². The van der Waals surface area contributed by atoms with Gasteiger partial charge in [0, 0.05) is 11.8 Å². The zero-order valence-corrected chi connectivity index (χ0v) is 18.4. The number of hydrogen-bond donors (Lipinski definition) is 0. The lowest BCUT2D eigenvalue weighted by atomic mass is 9.54. The quantitative estimate of drug-likeness (QED) is 0.543. The number of carbonyl (C=O) groups excluding carboxylic acids is 2. The van der Waals surface area contributed by atoms with Crippen LogP contribution >= 0.6 is 0 Å². The summed E-state index contributed by atoms with van der Waals surface area (Å²) in [6.45, 7) is 4.38. The van der Waals surface area contributed by atoms with Crippen molar-refractivity contribution in [2.24, 2.45) is 11.8 Å². The molecule has 1 fully saturated rings. The van der Waals surface area contributed by atoms with E-state index in [2.05, 4.69) is 44.2 Å². The number of para-hydroxylation sites is 2. The van der Waals surface area contributed by atoms with E-state index in [1.165, 1.54) is 32.7 Å². The van der Waals surface area contributed by atoms with Crippen molar-refractivity contribution in [2.75, 3.05) is 12.0 Å². The van der Waals surface area contributed by atoms with Crippen LogP contribution in [-0.4, -0.2) is 18.9 Å². The molecule has 4 unspecified atom stereocenters. The minimum atomic E-state index is -0.387. The van der Waals surface area contributed by atoms with Gasteiger partial charge in [-0.1, -0.05) is 68.4 Å². The van der Waals surface area contributed by atoms with Crippen molar-refractivity contribution in [1.29, 1.82) is 0 Å². The van der Waals surface area contributed by atoms with Crippen LogP contribution in [-0.2, 0) is 9.59 Å². The first-order chi connectivity index (χ1) is 15.5. The maximum Gasteiger partial charge on any atom is 0.238 e. The Bertz CT molecular complexity index is 1280. The fraction of sp³-hybridized carbons (Fsp3) is 0.286. The second-order valence-corrected chi connectivity index (χ2v) is 9.36. The third kappa shape index (κ3) is 2.38. The molecule has 1 heterocycles. The van der Waals surface area contributed by atoms with Gasteiger partial charge in [0.05, 0.1) is 24.6 Å². The summed E-state index contributed by atoms with van der Waals surface area (Å²) >= 11 is 0. The van der Waals surface area contributed by atoms with Gasteiger partial charge >= 0.3 is 0 Å². The zero-order chi connectivity index (χ0) is 22.1. The number of benzene rings is 3. The number of amides is 2. The molecule has 0 saturated carbocycles. The van der Waals surface area contributed by atoms with E-state index in [-0.39, 0.29) is 35.5 Å². The third-order valence-electron chi connectivity index (χ3n) is 7.56. The van der Waals surface area contributed by atoms with Crippen LogP contribution in [0.4, 0.5) is 5.69 Å². The minimum Gasteiger partial charge on any atom is -0.495 e. The fourth-order valence-corrected chi connectivity index (χ4v) is 6.16. The summed E-state index contributed by atoms with van der Waals surface area (Å²) in [5.74, 6) is -0.274. The van der Waals surface area contributed by atoms with Crippen molar-refractivity contribution in [3.63, 3.8) is 0 Å². The number of methoxy groups -OCH3 is 1. The monoisotopic (exact) mass is 423 g/mol. The van der Waals surface area contributed by atoms with E-state index in [0.29, 0.717) is 17.4 Å². The molecule has 4 nitrogen and oxygen atoms in total. The van der Waals surface area contributed by atoms with Crippen molar-refractivity contribution in [3.8, 4) is 5.75 Å². The van der Waals surface area contributed by atoms with Gasteiger partial charge in [0.1, 0.15) is 5.75 Å². The van der Waals surface area contributed by atoms with Crippen LogP contribution in [0, 0.1) is 11.8 Å². The Hall–Kier alpha value is -3.40. The summed E-state index contributed by atoms with van der Waals surface area (Å²) in [5.41, 5.74) is 6.59. The maximum absolute atomic E-state index is 13.9. The molecule has 32 heavy (non-hydrogen) atoms. The second kappa shape index (κ2) is 6.80. The Labute approximate surface area is 187 Å². The first-order valence-electron chi connectivity index (χ1n) is 11.3. The van der Waals surface area contributed by atoms with Crippen LogP contribution in [0.1, 0.15) is 59.4 Å². The van der Waals surface area contributed by atoms with E-state index in [1.807, 2.05) is 24.3 Å². The van der Waals surface area contributed by atoms with E-state index in [0.717, 1.165) is 0 Å². The van der Waals surface area contributed by atoms with Crippen LogP contribution in [0.2, 0.25) is 0 Å². The Morgan fingerprint density at radius 1 is 0.750 bits per heavy atom. The highest BCUT2D eigenvalue weighted by Crippen LogP contribution is 2.61. The normalized spacial score (nSPS) is 25.1. The summed E-state index contributed by atoms with van der Waals surface area (Å²) in [4.78, 5) is 29.1. The van der Waals surface area contributed by atoms with Gasteiger partial charge < -0.3 is 4.74 Å². The van der Waals surface area contributed by atoms with E-state index < -0.39 is 0 Å². The molecule has 0 radical (unpaired) electrons. The predicted octanol–water partition coefficient (Wildman–Crippen LogP) is 5.22. The molecule has 2 bridgehead atoms. The van der Waals surface area contributed by atoms with E-state index in [4.69, 9.17) is 4.74 Å². The Kier molecular flexibility index (Phi) is 4.10. The number of carbonyl (C=O) groups is 2. The maximum atomic E-state index is 13.9. The Morgan fingerprint density at radius 3 is 1.94 bits per heavy atom. The molecular formula is C28H25NO3. The van der Waals surface area contributed by atoms with Crippen LogP contribution < -0.4 is 9.64 Å². The highest BCUT2D eigenvalue weighted by atomic mass is 16.5. The number of anilines is 1. The van der Waals surface area contributed by atoms with E-state index >= 15 is 0 Å². The topological polar surface area (TPSA) is 46.6 Å². The van der Waals surface area contributed by atoms with Crippen molar-refractivity contribution >= 4 is 17.5 Å². The summed E-state index contributed by atoms with van der Waals surface area (Å²) < 4.78 is 5.50. The average molecular weight is 424 g/mol. The minimum absolute atomic E-state index is 0.103. The summed E-state index contributed by atoms with van der Waals surface area (Å²) in [6, 6.07) is 22.3. The van der Waals surface area contributed by atoms with Crippen molar-refractivity contribution in [2.45, 2.75) is 31.6 Å². The third-order valence-corrected chi connectivity index (χ3v) is 7.56. The van der Waals surface area contributed by atoms with Crippen LogP contribution in [0.25, 0.3) is 0 Å². The van der Waals surface area contributed by atoms with Gasteiger partial charge in [0.2, 0.25) is 11.8 Å². The lowest BCUT2D eigenvalue weighted by Gasteiger charge is -2.46. The molecular weight excluding hydrogens is 398 g/mol. The number of ether oxygens (including phenoxy) is 1. The van der Waals surface area contributed by atoms with Gasteiger partial charge in [-0.25, -0.2) is 4.90 Å². The molecule has 1 aliphatic heterocycles. The molecule has 3 aliphatic carbocycles. The first kappa shape index (κ1) is 19.3. The summed E-state index contributed by atoms with van der Waals surface area (Å²) in [6.07, 6.45) is 0. The number of rotatable bonds is 3. The Morgan fingerprint density at radius 2 is 1.31 bits per heavy atom. The zero-order valence-electron chi connectivity index (χ0n) is 18.4. The number of hydrogen-bond acceptors (Lipinski definition) is 3. The van der Waals surface area contributed by atoms with Crippen LogP contribution in [0.5, 0.6) is 5.75 Å². The van der Waals surface area contributed by atoms with Gasteiger partial charge in [-0.3, -0.25) is 9.59 Å². The molecule has 7 rings (SSSR count). The molecule has 0 N–H and O–H groups in total. The second-order valence-electron chi connectivity index (χ2n) is 9.36. The molecule has 2 amide bonds. The molecule has 3 aromatic carbocycles. The number of nitrogens with zero attached hydrogens (tertiary/aromatic N) is 1. The standard InChI is InChI=1S/C28H25NO3/c1-15(2)16-12-13-19-20(14-16)24-18-9-5-4-8-17(18)23(19)25-26(24)28(31)29(27(25)30)21-10-6-7-11-22(21)32-3/h4-15,23-26H,1-3H3. The summed E-state index contributed by atoms with van der Waals surface area (Å²) in [7, 11) is 1.57. The van der Waals surface area contributed by atoms with Gasteiger partial charge in [0.25, 0.3) is 0 Å². The Balaban J connectivity index is 1.57. The molecule has 0 aromatic heterocycles. The molecule has 4 aliphatic rings. The van der Waals surface area contributed by atoms with Crippen molar-refractivity contribution in [1.82, 2.24) is 0 Å².